The van der Waals surface area contributed by atoms with Crippen LogP contribution in [0.2, 0.25) is 0 Å². The highest BCUT2D eigenvalue weighted by atomic mass is 32.2. The van der Waals surface area contributed by atoms with Crippen LogP contribution in [0, 0.1) is 5.92 Å². The Balaban J connectivity index is 1.57. The van der Waals surface area contributed by atoms with Crippen LogP contribution in [-0.2, 0) is 19.2 Å². The molecule has 2 amide bonds. The molecule has 2 heterocycles. The van der Waals surface area contributed by atoms with Crippen LogP contribution in [0.5, 0.6) is 0 Å². The zero-order chi connectivity index (χ0) is 18.4. The van der Waals surface area contributed by atoms with Gasteiger partial charge in [-0.05, 0) is 37.3 Å². The van der Waals surface area contributed by atoms with E-state index in [1.807, 2.05) is 18.2 Å². The van der Waals surface area contributed by atoms with Gasteiger partial charge in [0.25, 0.3) is 11.8 Å². The van der Waals surface area contributed by atoms with Gasteiger partial charge >= 0.3 is 5.97 Å². The van der Waals surface area contributed by atoms with Gasteiger partial charge in [0.15, 0.2) is 0 Å². The predicted molar refractivity (Wildman–Crippen MR) is 96.9 cm³/mol. The molecule has 1 aliphatic carbocycles. The van der Waals surface area contributed by atoms with E-state index in [1.54, 1.807) is 18.0 Å². The first-order valence-corrected chi connectivity index (χ1v) is 10.2. The number of rotatable bonds is 7. The second-order valence-corrected chi connectivity index (χ2v) is 8.07. The van der Waals surface area contributed by atoms with E-state index in [4.69, 9.17) is 4.84 Å². The number of hydrogen-bond acceptors (Lipinski definition) is 6. The van der Waals surface area contributed by atoms with Crippen molar-refractivity contribution in [1.82, 2.24) is 10.0 Å². The van der Waals surface area contributed by atoms with E-state index in [0.29, 0.717) is 17.4 Å². The van der Waals surface area contributed by atoms with Crippen molar-refractivity contribution < 1.29 is 19.2 Å². The van der Waals surface area contributed by atoms with Crippen molar-refractivity contribution in [2.75, 3.05) is 0 Å². The standard InChI is InChI=1S/C19H24N2O4S/c22-17-10-11-18(23)21(17)25-19(24)12-9-15(14-6-2-1-3-7-14)26-16-8-4-5-13-20-16/h4-5,8,13-15H,1-3,6-7,9-12H2. The van der Waals surface area contributed by atoms with Crippen LogP contribution in [0.4, 0.5) is 0 Å². The predicted octanol–water partition coefficient (Wildman–Crippen LogP) is 3.51. The molecule has 2 aliphatic rings. The Morgan fingerprint density at radius 2 is 1.92 bits per heavy atom. The number of aromatic nitrogens is 1. The summed E-state index contributed by atoms with van der Waals surface area (Å²) in [5, 5.41) is 1.87. The molecule has 3 rings (SSSR count). The van der Waals surface area contributed by atoms with Gasteiger partial charge < -0.3 is 4.84 Å². The van der Waals surface area contributed by atoms with Crippen LogP contribution >= 0.6 is 11.8 Å². The molecule has 0 bridgehead atoms. The number of carbonyl (C=O) groups excluding carboxylic acids is 3. The zero-order valence-corrected chi connectivity index (χ0v) is 15.6. The van der Waals surface area contributed by atoms with Crippen LogP contribution in [0.25, 0.3) is 0 Å². The second-order valence-electron chi connectivity index (χ2n) is 6.81. The van der Waals surface area contributed by atoms with Gasteiger partial charge in [0.2, 0.25) is 0 Å². The third-order valence-corrected chi connectivity index (χ3v) is 6.32. The number of imide groups is 1. The molecule has 26 heavy (non-hydrogen) atoms. The van der Waals surface area contributed by atoms with Crippen LogP contribution < -0.4 is 0 Å². The second kappa shape index (κ2) is 9.16. The first-order valence-electron chi connectivity index (χ1n) is 9.28. The minimum Gasteiger partial charge on any atom is -0.330 e. The molecular formula is C19H24N2O4S. The molecule has 0 spiro atoms. The van der Waals surface area contributed by atoms with E-state index in [0.717, 1.165) is 5.03 Å². The Labute approximate surface area is 157 Å². The maximum Gasteiger partial charge on any atom is 0.333 e. The van der Waals surface area contributed by atoms with Crippen LogP contribution in [0.15, 0.2) is 29.4 Å². The van der Waals surface area contributed by atoms with Gasteiger partial charge in [0.1, 0.15) is 0 Å². The summed E-state index contributed by atoms with van der Waals surface area (Å²) in [4.78, 5) is 44.6. The molecule has 0 N–H and O–H groups in total. The summed E-state index contributed by atoms with van der Waals surface area (Å²) in [5.41, 5.74) is 0. The van der Waals surface area contributed by atoms with Gasteiger partial charge in [-0.2, -0.15) is 0 Å². The SMILES string of the molecule is O=C(CCC(Sc1ccccn1)C1CCCCC1)ON1C(=O)CCC1=O. The van der Waals surface area contributed by atoms with E-state index in [9.17, 15) is 14.4 Å². The van der Waals surface area contributed by atoms with E-state index in [2.05, 4.69) is 4.98 Å². The lowest BCUT2D eigenvalue weighted by atomic mass is 9.85. The quantitative estimate of drug-likeness (QED) is 0.535. The average Bonchev–Trinajstić information content (AvgIpc) is 2.98. The smallest absolute Gasteiger partial charge is 0.330 e. The highest BCUT2D eigenvalue weighted by Crippen LogP contribution is 2.37. The Morgan fingerprint density at radius 3 is 2.58 bits per heavy atom. The molecule has 1 unspecified atom stereocenters. The largest absolute Gasteiger partial charge is 0.333 e. The molecule has 140 valence electrons. The van der Waals surface area contributed by atoms with Crippen molar-refractivity contribution >= 4 is 29.5 Å². The number of hydroxylamine groups is 2. The highest BCUT2D eigenvalue weighted by molar-refractivity contribution is 7.99. The molecule has 1 aromatic heterocycles. The summed E-state index contributed by atoms with van der Waals surface area (Å²) in [5.74, 6) is -0.834. The van der Waals surface area contributed by atoms with Gasteiger partial charge in [-0.25, -0.2) is 9.78 Å². The van der Waals surface area contributed by atoms with Crippen molar-refractivity contribution in [3.8, 4) is 0 Å². The van der Waals surface area contributed by atoms with Gasteiger partial charge in [-0.3, -0.25) is 9.59 Å². The summed E-state index contributed by atoms with van der Waals surface area (Å²) in [6, 6.07) is 5.84. The molecule has 2 fully saturated rings. The normalized spacial score (nSPS) is 19.6. The molecule has 0 radical (unpaired) electrons. The number of amides is 2. The van der Waals surface area contributed by atoms with Gasteiger partial charge in [-0.15, -0.1) is 16.8 Å². The molecule has 7 heteroatoms. The van der Waals surface area contributed by atoms with Gasteiger partial charge in [0, 0.05) is 30.7 Å². The number of nitrogens with zero attached hydrogens (tertiary/aromatic N) is 2. The molecular weight excluding hydrogens is 352 g/mol. The number of carbonyl (C=O) groups is 3. The molecule has 1 saturated heterocycles. The summed E-state index contributed by atoms with van der Waals surface area (Å²) >= 11 is 1.71. The Hall–Kier alpha value is -1.89. The molecule has 0 aromatic carbocycles. The molecule has 1 atom stereocenters. The number of thioether (sulfide) groups is 1. The van der Waals surface area contributed by atoms with Gasteiger partial charge in [-0.1, -0.05) is 25.3 Å². The molecule has 1 saturated carbocycles. The first-order chi connectivity index (χ1) is 12.6. The molecule has 6 nitrogen and oxygen atoms in total. The van der Waals surface area contributed by atoms with Crippen LogP contribution in [0.1, 0.15) is 57.8 Å². The van der Waals surface area contributed by atoms with Crippen molar-refractivity contribution in [2.24, 2.45) is 5.92 Å². The van der Waals surface area contributed by atoms with Crippen LogP contribution in [0.3, 0.4) is 0 Å². The first kappa shape index (κ1) is 18.9. The van der Waals surface area contributed by atoms with Crippen LogP contribution in [-0.4, -0.2) is 33.1 Å². The fourth-order valence-corrected chi connectivity index (χ4v) is 4.82. The van der Waals surface area contributed by atoms with E-state index >= 15 is 0 Å². The summed E-state index contributed by atoms with van der Waals surface area (Å²) in [6.07, 6.45) is 8.93. The molecule has 1 aliphatic heterocycles. The van der Waals surface area contributed by atoms with E-state index in [-0.39, 0.29) is 24.5 Å². The van der Waals surface area contributed by atoms with E-state index < -0.39 is 17.8 Å². The monoisotopic (exact) mass is 376 g/mol. The third kappa shape index (κ3) is 5.06. The van der Waals surface area contributed by atoms with Crippen molar-refractivity contribution in [1.29, 1.82) is 0 Å². The zero-order valence-electron chi connectivity index (χ0n) is 14.8. The summed E-state index contributed by atoms with van der Waals surface area (Å²) in [7, 11) is 0. The highest BCUT2D eigenvalue weighted by Gasteiger charge is 2.33. The third-order valence-electron chi connectivity index (χ3n) is 4.92. The summed E-state index contributed by atoms with van der Waals surface area (Å²) in [6.45, 7) is 0. The Morgan fingerprint density at radius 1 is 1.19 bits per heavy atom. The minimum absolute atomic E-state index is 0.117. The maximum atomic E-state index is 12.1. The Kier molecular flexibility index (Phi) is 6.66. The lowest BCUT2D eigenvalue weighted by Gasteiger charge is -2.29. The number of hydrogen-bond donors (Lipinski definition) is 0. The summed E-state index contributed by atoms with van der Waals surface area (Å²) < 4.78 is 0. The topological polar surface area (TPSA) is 76.6 Å². The van der Waals surface area contributed by atoms with Crippen molar-refractivity contribution in [3.05, 3.63) is 24.4 Å². The van der Waals surface area contributed by atoms with E-state index in [1.165, 1.54) is 32.1 Å². The van der Waals surface area contributed by atoms with Crippen molar-refractivity contribution in [2.45, 2.75) is 68.1 Å². The lowest BCUT2D eigenvalue weighted by molar-refractivity contribution is -0.197. The Bertz CT molecular complexity index is 630. The number of pyridine rings is 1. The molecule has 1 aromatic rings. The fraction of sp³-hybridized carbons (Fsp3) is 0.579. The van der Waals surface area contributed by atoms with Gasteiger partial charge in [0.05, 0.1) is 5.03 Å². The minimum atomic E-state index is -0.518. The van der Waals surface area contributed by atoms with Crippen molar-refractivity contribution in [3.63, 3.8) is 0 Å². The maximum absolute atomic E-state index is 12.1. The lowest BCUT2D eigenvalue weighted by Crippen LogP contribution is -2.32. The fourth-order valence-electron chi connectivity index (χ4n) is 3.53. The average molecular weight is 376 g/mol.